The van der Waals surface area contributed by atoms with Crippen LogP contribution >= 0.6 is 12.6 Å². The normalized spacial score (nSPS) is 9.38. The van der Waals surface area contributed by atoms with Gasteiger partial charge in [0.05, 0.1) is 0 Å². The Labute approximate surface area is 97.7 Å². The number of hydrogen-bond donors (Lipinski definition) is 4. The molecule has 0 atom stereocenters. The molecule has 3 amide bonds. The van der Waals surface area contributed by atoms with Crippen molar-refractivity contribution in [2.45, 2.75) is 19.3 Å². The summed E-state index contributed by atoms with van der Waals surface area (Å²) in [6, 6.07) is 0. The van der Waals surface area contributed by atoms with Crippen molar-refractivity contribution >= 4 is 30.6 Å². The van der Waals surface area contributed by atoms with Crippen LogP contribution < -0.4 is 16.2 Å². The first-order valence-electron chi connectivity index (χ1n) is 4.68. The molecule has 0 aromatic heterocycles. The largest absolute Gasteiger partial charge is 0.416 e. The molecular formula is C8H14FN3O3S. The average molecular weight is 251 g/mol. The van der Waals surface area contributed by atoms with E-state index in [4.69, 9.17) is 0 Å². The highest BCUT2D eigenvalue weighted by molar-refractivity contribution is 7.80. The maximum Gasteiger partial charge on any atom is 0.416 e. The molecule has 8 heteroatoms. The number of amides is 3. The van der Waals surface area contributed by atoms with Crippen molar-refractivity contribution in [2.75, 3.05) is 12.3 Å². The minimum atomic E-state index is -1.83. The highest BCUT2D eigenvalue weighted by atomic mass is 32.1. The zero-order chi connectivity index (χ0) is 12.4. The van der Waals surface area contributed by atoms with Crippen molar-refractivity contribution in [2.24, 2.45) is 0 Å². The van der Waals surface area contributed by atoms with Crippen LogP contribution in [0.25, 0.3) is 0 Å². The molecule has 0 radical (unpaired) electrons. The summed E-state index contributed by atoms with van der Waals surface area (Å²) >= 11 is 3.91. The van der Waals surface area contributed by atoms with Crippen molar-refractivity contribution in [1.29, 1.82) is 0 Å². The Balaban J connectivity index is 3.46. The molecule has 0 heterocycles. The predicted octanol–water partition coefficient (Wildman–Crippen LogP) is -0.0870. The Hall–Kier alpha value is -1.31. The van der Waals surface area contributed by atoms with E-state index in [0.717, 1.165) is 0 Å². The number of hydrazine groups is 1. The summed E-state index contributed by atoms with van der Waals surface area (Å²) in [4.78, 5) is 31.7. The second-order valence-corrected chi connectivity index (χ2v) is 3.32. The number of hydrogen-bond acceptors (Lipinski definition) is 4. The SMILES string of the molecule is O=C(F)NNC(=O)CCCC(=O)NCCS. The number of thiol groups is 1. The van der Waals surface area contributed by atoms with Crippen LogP contribution in [0.15, 0.2) is 0 Å². The third-order valence-electron chi connectivity index (χ3n) is 1.54. The fourth-order valence-electron chi connectivity index (χ4n) is 0.875. The Kier molecular flexibility index (Phi) is 8.22. The summed E-state index contributed by atoms with van der Waals surface area (Å²) in [6.07, 6.45) is -1.27. The number of carbonyl (C=O) groups is 3. The molecule has 6 nitrogen and oxygen atoms in total. The van der Waals surface area contributed by atoms with Crippen LogP contribution in [0.5, 0.6) is 0 Å². The first-order chi connectivity index (χ1) is 7.56. The van der Waals surface area contributed by atoms with Gasteiger partial charge in [0.15, 0.2) is 0 Å². The van der Waals surface area contributed by atoms with Crippen LogP contribution in [0.4, 0.5) is 9.18 Å². The van der Waals surface area contributed by atoms with Gasteiger partial charge in [-0.05, 0) is 6.42 Å². The molecule has 0 saturated carbocycles. The molecular weight excluding hydrogens is 237 g/mol. The van der Waals surface area contributed by atoms with Crippen LogP contribution in [0, 0.1) is 0 Å². The maximum absolute atomic E-state index is 11.6. The maximum atomic E-state index is 11.6. The third kappa shape index (κ3) is 9.25. The van der Waals surface area contributed by atoms with E-state index in [-0.39, 0.29) is 18.7 Å². The average Bonchev–Trinajstić information content (AvgIpc) is 2.23. The molecule has 0 bridgehead atoms. The van der Waals surface area contributed by atoms with Gasteiger partial charge >= 0.3 is 6.16 Å². The first kappa shape index (κ1) is 14.7. The van der Waals surface area contributed by atoms with Gasteiger partial charge in [0.2, 0.25) is 11.8 Å². The van der Waals surface area contributed by atoms with Gasteiger partial charge in [-0.15, -0.1) is 4.39 Å². The van der Waals surface area contributed by atoms with Crippen LogP contribution in [-0.4, -0.2) is 30.3 Å². The third-order valence-corrected chi connectivity index (χ3v) is 1.77. The van der Waals surface area contributed by atoms with Crippen LogP contribution in [0.2, 0.25) is 0 Å². The highest BCUT2D eigenvalue weighted by Crippen LogP contribution is 1.94. The van der Waals surface area contributed by atoms with Gasteiger partial charge in [-0.25, -0.2) is 10.2 Å². The van der Waals surface area contributed by atoms with Crippen LogP contribution in [0.1, 0.15) is 19.3 Å². The molecule has 0 rings (SSSR count). The van der Waals surface area contributed by atoms with E-state index in [1.807, 2.05) is 5.43 Å². The zero-order valence-electron chi connectivity index (χ0n) is 8.59. The van der Waals surface area contributed by atoms with Crippen LogP contribution in [0.3, 0.4) is 0 Å². The lowest BCUT2D eigenvalue weighted by molar-refractivity contribution is -0.122. The van der Waals surface area contributed by atoms with Gasteiger partial charge in [-0.3, -0.25) is 15.0 Å². The van der Waals surface area contributed by atoms with Gasteiger partial charge in [0, 0.05) is 25.1 Å². The molecule has 92 valence electrons. The summed E-state index contributed by atoms with van der Waals surface area (Å²) in [7, 11) is 0. The summed E-state index contributed by atoms with van der Waals surface area (Å²) in [5.74, 6) is -0.168. The number of carbonyl (C=O) groups excluding carboxylic acids is 3. The van der Waals surface area contributed by atoms with Crippen molar-refractivity contribution in [3.8, 4) is 0 Å². The summed E-state index contributed by atoms with van der Waals surface area (Å²) in [5, 5.41) is 2.58. The van der Waals surface area contributed by atoms with Gasteiger partial charge < -0.3 is 5.32 Å². The first-order valence-corrected chi connectivity index (χ1v) is 5.31. The molecule has 0 unspecified atom stereocenters. The molecule has 0 aliphatic rings. The fraction of sp³-hybridized carbons (Fsp3) is 0.625. The van der Waals surface area contributed by atoms with Crippen LogP contribution in [-0.2, 0) is 9.59 Å². The van der Waals surface area contributed by atoms with E-state index >= 15 is 0 Å². The molecule has 3 N–H and O–H groups in total. The minimum Gasteiger partial charge on any atom is -0.355 e. The fourth-order valence-corrected chi connectivity index (χ4v) is 0.986. The van der Waals surface area contributed by atoms with Gasteiger partial charge in [0.25, 0.3) is 0 Å². The van der Waals surface area contributed by atoms with Crippen molar-refractivity contribution in [3.63, 3.8) is 0 Å². The summed E-state index contributed by atoms with van der Waals surface area (Å²) in [6.45, 7) is 0.478. The Morgan fingerprint density at radius 2 is 1.69 bits per heavy atom. The molecule has 0 spiro atoms. The lowest BCUT2D eigenvalue weighted by Crippen LogP contribution is -2.39. The molecule has 0 saturated heterocycles. The number of rotatable bonds is 6. The smallest absolute Gasteiger partial charge is 0.355 e. The molecule has 0 aromatic rings. The monoisotopic (exact) mass is 251 g/mol. The Morgan fingerprint density at radius 1 is 1.06 bits per heavy atom. The molecule has 0 aliphatic heterocycles. The van der Waals surface area contributed by atoms with E-state index in [1.165, 1.54) is 5.43 Å². The van der Waals surface area contributed by atoms with Gasteiger partial charge in [-0.1, -0.05) is 0 Å². The zero-order valence-corrected chi connectivity index (χ0v) is 9.48. The standard InChI is InChI=1S/C8H14FN3O3S/c9-8(15)12-11-7(14)3-1-2-6(13)10-4-5-16/h16H,1-5H2,(H,10,13)(H,11,14)(H,12,15). The van der Waals surface area contributed by atoms with Gasteiger partial charge in [0.1, 0.15) is 0 Å². The molecule has 0 aromatic carbocycles. The second kappa shape index (κ2) is 8.96. The van der Waals surface area contributed by atoms with Crippen molar-refractivity contribution in [1.82, 2.24) is 16.2 Å². The minimum absolute atomic E-state index is 0.0363. The van der Waals surface area contributed by atoms with E-state index in [1.54, 1.807) is 0 Å². The lowest BCUT2D eigenvalue weighted by Gasteiger charge is -2.04. The molecule has 0 fully saturated rings. The Morgan fingerprint density at radius 3 is 2.25 bits per heavy atom. The summed E-state index contributed by atoms with van der Waals surface area (Å²) in [5.41, 5.74) is 3.34. The lowest BCUT2D eigenvalue weighted by atomic mass is 10.2. The second-order valence-electron chi connectivity index (χ2n) is 2.87. The highest BCUT2D eigenvalue weighted by Gasteiger charge is 2.05. The number of nitrogens with one attached hydrogen (secondary N) is 3. The Bertz CT molecular complexity index is 263. The van der Waals surface area contributed by atoms with E-state index in [0.29, 0.717) is 18.7 Å². The summed E-state index contributed by atoms with van der Waals surface area (Å²) < 4.78 is 11.6. The molecule has 0 aliphatic carbocycles. The quantitative estimate of drug-likeness (QED) is 0.230. The number of halogens is 1. The predicted molar refractivity (Wildman–Crippen MR) is 58.5 cm³/mol. The topological polar surface area (TPSA) is 87.3 Å². The van der Waals surface area contributed by atoms with E-state index in [2.05, 4.69) is 17.9 Å². The molecule has 16 heavy (non-hydrogen) atoms. The van der Waals surface area contributed by atoms with Crippen molar-refractivity contribution < 1.29 is 18.8 Å². The van der Waals surface area contributed by atoms with E-state index < -0.39 is 12.1 Å². The van der Waals surface area contributed by atoms with Crippen molar-refractivity contribution in [3.05, 3.63) is 0 Å². The van der Waals surface area contributed by atoms with E-state index in [9.17, 15) is 18.8 Å². The van der Waals surface area contributed by atoms with Gasteiger partial charge in [-0.2, -0.15) is 12.6 Å².